The SMILES string of the molecule is COCCNC(=O)CNC(=O)NCC(=O)NCC(=O)O. The maximum absolute atomic E-state index is 11.2. The monoisotopic (exact) mass is 290 g/mol. The van der Waals surface area contributed by atoms with Gasteiger partial charge in [-0.15, -0.1) is 0 Å². The average molecular weight is 290 g/mol. The van der Waals surface area contributed by atoms with Crippen LogP contribution in [0.2, 0.25) is 0 Å². The maximum atomic E-state index is 11.2. The molecule has 114 valence electrons. The van der Waals surface area contributed by atoms with E-state index in [1.54, 1.807) is 0 Å². The molecule has 5 N–H and O–H groups in total. The Morgan fingerprint density at radius 1 is 0.900 bits per heavy atom. The van der Waals surface area contributed by atoms with Crippen molar-refractivity contribution >= 4 is 23.8 Å². The summed E-state index contributed by atoms with van der Waals surface area (Å²) < 4.78 is 4.72. The number of methoxy groups -OCH3 is 1. The van der Waals surface area contributed by atoms with Crippen molar-refractivity contribution in [3.63, 3.8) is 0 Å². The number of aliphatic carboxylic acids is 1. The quantitative estimate of drug-likeness (QED) is 0.291. The first-order chi connectivity index (χ1) is 9.45. The zero-order valence-corrected chi connectivity index (χ0v) is 11.0. The van der Waals surface area contributed by atoms with Crippen molar-refractivity contribution in [3.8, 4) is 0 Å². The van der Waals surface area contributed by atoms with Crippen LogP contribution in [-0.4, -0.2) is 68.8 Å². The predicted molar refractivity (Wildman–Crippen MR) is 66.9 cm³/mol. The molecule has 0 radical (unpaired) electrons. The third-order valence-electron chi connectivity index (χ3n) is 1.88. The second kappa shape index (κ2) is 10.6. The van der Waals surface area contributed by atoms with Gasteiger partial charge in [-0.1, -0.05) is 0 Å². The molecule has 0 bridgehead atoms. The van der Waals surface area contributed by atoms with Gasteiger partial charge in [0.2, 0.25) is 11.8 Å². The molecule has 0 aromatic heterocycles. The summed E-state index contributed by atoms with van der Waals surface area (Å²) in [5, 5.41) is 17.3. The summed E-state index contributed by atoms with van der Waals surface area (Å²) in [6, 6.07) is -0.711. The summed E-state index contributed by atoms with van der Waals surface area (Å²) in [7, 11) is 1.49. The number of ether oxygens (including phenoxy) is 1. The third kappa shape index (κ3) is 10.8. The highest BCUT2D eigenvalue weighted by Gasteiger charge is 2.07. The molecule has 10 nitrogen and oxygen atoms in total. The fourth-order valence-electron chi connectivity index (χ4n) is 0.975. The first-order valence-corrected chi connectivity index (χ1v) is 5.71. The van der Waals surface area contributed by atoms with Crippen molar-refractivity contribution in [3.05, 3.63) is 0 Å². The van der Waals surface area contributed by atoms with Gasteiger partial charge in [0.25, 0.3) is 0 Å². The number of carboxylic acid groups (broad SMARTS) is 1. The standard InChI is InChI=1S/C10H18N4O6/c1-20-3-2-11-7(15)4-13-10(19)14-5-8(16)12-6-9(17)18/h2-6H2,1H3,(H,11,15)(H,12,16)(H,17,18)(H2,13,14,19). The number of amides is 4. The number of urea groups is 1. The fraction of sp³-hybridized carbons (Fsp3) is 0.600. The lowest BCUT2D eigenvalue weighted by atomic mass is 10.5. The molecule has 0 unspecified atom stereocenters. The van der Waals surface area contributed by atoms with Crippen molar-refractivity contribution in [2.24, 2.45) is 0 Å². The van der Waals surface area contributed by atoms with Crippen molar-refractivity contribution in [1.29, 1.82) is 0 Å². The van der Waals surface area contributed by atoms with Gasteiger partial charge in [0.15, 0.2) is 0 Å². The molecule has 0 fully saturated rings. The van der Waals surface area contributed by atoms with Gasteiger partial charge in [0.1, 0.15) is 6.54 Å². The molecule has 0 aliphatic carbocycles. The van der Waals surface area contributed by atoms with Gasteiger partial charge in [-0.25, -0.2) is 4.79 Å². The zero-order valence-electron chi connectivity index (χ0n) is 11.0. The normalized spacial score (nSPS) is 9.45. The maximum Gasteiger partial charge on any atom is 0.322 e. The summed E-state index contributed by atoms with van der Waals surface area (Å²) in [6.45, 7) is -0.460. The summed E-state index contributed by atoms with van der Waals surface area (Å²) in [6.07, 6.45) is 0. The number of carboxylic acids is 1. The molecule has 20 heavy (non-hydrogen) atoms. The average Bonchev–Trinajstić information content (AvgIpc) is 2.40. The zero-order chi connectivity index (χ0) is 15.4. The second-order valence-corrected chi connectivity index (χ2v) is 3.55. The van der Waals surface area contributed by atoms with Crippen LogP contribution in [0.3, 0.4) is 0 Å². The highest BCUT2D eigenvalue weighted by atomic mass is 16.5. The number of nitrogens with one attached hydrogen (secondary N) is 4. The van der Waals surface area contributed by atoms with E-state index in [0.29, 0.717) is 13.2 Å². The number of carbonyl (C=O) groups is 4. The highest BCUT2D eigenvalue weighted by Crippen LogP contribution is 1.71. The van der Waals surface area contributed by atoms with E-state index in [-0.39, 0.29) is 13.1 Å². The molecule has 10 heteroatoms. The van der Waals surface area contributed by atoms with Gasteiger partial charge in [0.05, 0.1) is 19.7 Å². The Hall–Kier alpha value is -2.36. The van der Waals surface area contributed by atoms with Crippen molar-refractivity contribution in [2.75, 3.05) is 39.9 Å². The van der Waals surface area contributed by atoms with E-state index in [2.05, 4.69) is 21.3 Å². The Morgan fingerprint density at radius 2 is 1.45 bits per heavy atom. The van der Waals surface area contributed by atoms with E-state index in [0.717, 1.165) is 0 Å². The molecular formula is C10H18N4O6. The van der Waals surface area contributed by atoms with Crippen LogP contribution < -0.4 is 21.3 Å². The number of hydrogen-bond donors (Lipinski definition) is 5. The molecular weight excluding hydrogens is 272 g/mol. The van der Waals surface area contributed by atoms with Gasteiger partial charge in [-0.2, -0.15) is 0 Å². The molecule has 0 heterocycles. The first-order valence-electron chi connectivity index (χ1n) is 5.71. The minimum absolute atomic E-state index is 0.244. The van der Waals surface area contributed by atoms with Gasteiger partial charge < -0.3 is 31.1 Å². The van der Waals surface area contributed by atoms with Gasteiger partial charge in [0, 0.05) is 13.7 Å². The van der Waals surface area contributed by atoms with E-state index in [1.807, 2.05) is 0 Å². The number of carbonyl (C=O) groups excluding carboxylic acids is 3. The van der Waals surface area contributed by atoms with Crippen LogP contribution in [0, 0.1) is 0 Å². The third-order valence-corrected chi connectivity index (χ3v) is 1.88. The lowest BCUT2D eigenvalue weighted by Gasteiger charge is -2.08. The molecule has 0 aliphatic heterocycles. The van der Waals surface area contributed by atoms with Crippen LogP contribution in [0.1, 0.15) is 0 Å². The smallest absolute Gasteiger partial charge is 0.322 e. The minimum Gasteiger partial charge on any atom is -0.480 e. The molecule has 0 saturated carbocycles. The van der Waals surface area contributed by atoms with Crippen LogP contribution in [0.25, 0.3) is 0 Å². The topological polar surface area (TPSA) is 146 Å². The lowest BCUT2D eigenvalue weighted by Crippen LogP contribution is -2.46. The first kappa shape index (κ1) is 17.6. The molecule has 0 atom stereocenters. The Morgan fingerprint density at radius 3 is 1.95 bits per heavy atom. The van der Waals surface area contributed by atoms with E-state index < -0.39 is 30.4 Å². The molecule has 0 spiro atoms. The van der Waals surface area contributed by atoms with E-state index >= 15 is 0 Å². The minimum atomic E-state index is -1.18. The molecule has 4 amide bonds. The van der Waals surface area contributed by atoms with Crippen molar-refractivity contribution < 1.29 is 29.0 Å². The molecule has 0 aliphatic rings. The van der Waals surface area contributed by atoms with E-state index in [9.17, 15) is 19.2 Å². The Kier molecular flexibility index (Phi) is 9.31. The molecule has 0 aromatic carbocycles. The van der Waals surface area contributed by atoms with Crippen LogP contribution in [-0.2, 0) is 19.1 Å². The molecule has 0 aromatic rings. The van der Waals surface area contributed by atoms with Gasteiger partial charge in [-0.3, -0.25) is 14.4 Å². The highest BCUT2D eigenvalue weighted by molar-refractivity contribution is 5.88. The number of rotatable bonds is 9. The number of hydrogen-bond acceptors (Lipinski definition) is 5. The van der Waals surface area contributed by atoms with Crippen molar-refractivity contribution in [2.45, 2.75) is 0 Å². The molecule has 0 saturated heterocycles. The molecule has 0 rings (SSSR count). The van der Waals surface area contributed by atoms with Gasteiger partial charge >= 0.3 is 12.0 Å². The summed E-state index contributed by atoms with van der Waals surface area (Å²) in [5.41, 5.74) is 0. The fourth-order valence-corrected chi connectivity index (χ4v) is 0.975. The summed E-state index contributed by atoms with van der Waals surface area (Å²) in [5.74, 6) is -2.23. The van der Waals surface area contributed by atoms with Crippen molar-refractivity contribution in [1.82, 2.24) is 21.3 Å². The van der Waals surface area contributed by atoms with Crippen LogP contribution in [0.5, 0.6) is 0 Å². The van der Waals surface area contributed by atoms with Crippen LogP contribution in [0.15, 0.2) is 0 Å². The Balaban J connectivity index is 3.65. The predicted octanol–water partition coefficient (Wildman–Crippen LogP) is -2.75. The largest absolute Gasteiger partial charge is 0.480 e. The van der Waals surface area contributed by atoms with E-state index in [4.69, 9.17) is 9.84 Å². The second-order valence-electron chi connectivity index (χ2n) is 3.55. The van der Waals surface area contributed by atoms with Crippen LogP contribution in [0.4, 0.5) is 4.79 Å². The Labute approximate surface area is 115 Å². The Bertz CT molecular complexity index is 360. The van der Waals surface area contributed by atoms with Crippen LogP contribution >= 0.6 is 0 Å². The van der Waals surface area contributed by atoms with E-state index in [1.165, 1.54) is 7.11 Å². The summed E-state index contributed by atoms with van der Waals surface area (Å²) >= 11 is 0. The van der Waals surface area contributed by atoms with Gasteiger partial charge in [-0.05, 0) is 0 Å². The lowest BCUT2D eigenvalue weighted by molar-refractivity contribution is -0.137. The summed E-state index contributed by atoms with van der Waals surface area (Å²) in [4.78, 5) is 43.6.